The van der Waals surface area contributed by atoms with Crippen molar-refractivity contribution in [2.45, 2.75) is 12.8 Å². The molecule has 0 aliphatic heterocycles. The molecule has 0 unspecified atom stereocenters. The monoisotopic (exact) mass is 258 g/mol. The number of ether oxygens (including phenoxy) is 1. The third-order valence-electron chi connectivity index (χ3n) is 2.29. The van der Waals surface area contributed by atoms with Crippen LogP contribution >= 0.6 is 11.6 Å². The van der Waals surface area contributed by atoms with Gasteiger partial charge in [-0.05, 0) is 33.5 Å². The Morgan fingerprint density at radius 3 is 2.76 bits per heavy atom. The van der Waals surface area contributed by atoms with Gasteiger partial charge in [-0.2, -0.15) is 0 Å². The summed E-state index contributed by atoms with van der Waals surface area (Å²) in [7, 11) is 5.70. The predicted molar refractivity (Wildman–Crippen MR) is 69.9 cm³/mol. The number of methoxy groups -OCH3 is 1. The largest absolute Gasteiger partial charge is 0.490 e. The average molecular weight is 259 g/mol. The molecule has 5 nitrogen and oxygen atoms in total. The number of halogens is 1. The van der Waals surface area contributed by atoms with E-state index in [9.17, 15) is 0 Å². The van der Waals surface area contributed by atoms with Gasteiger partial charge in [0.1, 0.15) is 6.33 Å². The molecule has 0 aromatic carbocycles. The van der Waals surface area contributed by atoms with Crippen LogP contribution < -0.4 is 10.1 Å². The number of aromatic nitrogens is 2. The Hall–Kier alpha value is -1.07. The molecular formula is C11H19ClN4O. The third kappa shape index (κ3) is 4.75. The molecular weight excluding hydrogens is 240 g/mol. The summed E-state index contributed by atoms with van der Waals surface area (Å²) in [6.07, 6.45) is 3.64. The molecule has 1 rings (SSSR count). The first kappa shape index (κ1) is 14.0. The van der Waals surface area contributed by atoms with Crippen molar-refractivity contribution < 1.29 is 4.74 Å². The van der Waals surface area contributed by atoms with Crippen LogP contribution in [0, 0.1) is 0 Å². The smallest absolute Gasteiger partial charge is 0.198 e. The zero-order valence-electron chi connectivity index (χ0n) is 10.5. The number of nitrogens with one attached hydrogen (secondary N) is 1. The molecule has 0 radical (unpaired) electrons. The number of rotatable bonds is 7. The summed E-state index contributed by atoms with van der Waals surface area (Å²) in [5.41, 5.74) is 0. The normalized spacial score (nSPS) is 10.6. The van der Waals surface area contributed by atoms with E-state index in [0.717, 1.165) is 25.9 Å². The molecule has 0 aliphatic carbocycles. The molecule has 0 fully saturated rings. The minimum absolute atomic E-state index is 0.332. The van der Waals surface area contributed by atoms with Crippen molar-refractivity contribution in [1.29, 1.82) is 0 Å². The summed E-state index contributed by atoms with van der Waals surface area (Å²) >= 11 is 5.89. The quantitative estimate of drug-likeness (QED) is 0.598. The summed E-state index contributed by atoms with van der Waals surface area (Å²) in [6, 6.07) is 0. The fourth-order valence-electron chi connectivity index (χ4n) is 1.42. The lowest BCUT2D eigenvalue weighted by Gasteiger charge is -2.11. The Kier molecular flexibility index (Phi) is 6.00. The van der Waals surface area contributed by atoms with Crippen molar-refractivity contribution in [3.8, 4) is 5.75 Å². The molecule has 0 atom stereocenters. The molecule has 17 heavy (non-hydrogen) atoms. The molecule has 0 saturated heterocycles. The van der Waals surface area contributed by atoms with Gasteiger partial charge in [-0.1, -0.05) is 11.6 Å². The van der Waals surface area contributed by atoms with Gasteiger partial charge >= 0.3 is 0 Å². The first-order chi connectivity index (χ1) is 8.15. The van der Waals surface area contributed by atoms with Gasteiger partial charge in [-0.25, -0.2) is 9.97 Å². The minimum Gasteiger partial charge on any atom is -0.490 e. The van der Waals surface area contributed by atoms with Gasteiger partial charge in [0, 0.05) is 6.54 Å². The maximum atomic E-state index is 5.89. The number of hydrogen-bond acceptors (Lipinski definition) is 5. The molecule has 0 aliphatic rings. The Labute approximate surface area is 107 Å². The zero-order valence-corrected chi connectivity index (χ0v) is 11.3. The van der Waals surface area contributed by atoms with Crippen molar-refractivity contribution in [3.05, 3.63) is 11.5 Å². The van der Waals surface area contributed by atoms with Crippen LogP contribution in [-0.2, 0) is 0 Å². The Bertz CT molecular complexity index is 346. The minimum atomic E-state index is 0.332. The second kappa shape index (κ2) is 7.29. The molecule has 0 spiro atoms. The lowest BCUT2D eigenvalue weighted by atomic mass is 10.3. The molecule has 0 amide bonds. The van der Waals surface area contributed by atoms with Crippen LogP contribution in [0.15, 0.2) is 6.33 Å². The number of anilines is 1. The van der Waals surface area contributed by atoms with Crippen LogP contribution in [0.2, 0.25) is 5.15 Å². The second-order valence-corrected chi connectivity index (χ2v) is 4.34. The van der Waals surface area contributed by atoms with Crippen LogP contribution in [0.1, 0.15) is 12.8 Å². The SMILES string of the molecule is COc1c(Cl)ncnc1NCCCCN(C)C. The van der Waals surface area contributed by atoms with E-state index in [1.54, 1.807) is 7.11 Å². The standard InChI is InChI=1S/C11H19ClN4O/c1-16(2)7-5-4-6-13-11-9(17-3)10(12)14-8-15-11/h8H,4-7H2,1-3H3,(H,13,14,15). The Balaban J connectivity index is 2.39. The van der Waals surface area contributed by atoms with E-state index in [0.29, 0.717) is 16.7 Å². The van der Waals surface area contributed by atoms with Crippen LogP contribution in [0.3, 0.4) is 0 Å². The van der Waals surface area contributed by atoms with Gasteiger partial charge < -0.3 is 15.0 Å². The van der Waals surface area contributed by atoms with E-state index in [1.807, 2.05) is 0 Å². The molecule has 0 bridgehead atoms. The van der Waals surface area contributed by atoms with Gasteiger partial charge in [0.25, 0.3) is 0 Å². The van der Waals surface area contributed by atoms with Crippen LogP contribution in [0.25, 0.3) is 0 Å². The first-order valence-electron chi connectivity index (χ1n) is 5.58. The third-order valence-corrected chi connectivity index (χ3v) is 2.56. The van der Waals surface area contributed by atoms with E-state index < -0.39 is 0 Å². The molecule has 6 heteroatoms. The average Bonchev–Trinajstić information content (AvgIpc) is 2.28. The van der Waals surface area contributed by atoms with Gasteiger partial charge in [0.05, 0.1) is 7.11 Å². The summed E-state index contributed by atoms with van der Waals surface area (Å²) in [6.45, 7) is 1.93. The highest BCUT2D eigenvalue weighted by atomic mass is 35.5. The Morgan fingerprint density at radius 1 is 1.35 bits per heavy atom. The van der Waals surface area contributed by atoms with Crippen molar-refractivity contribution in [1.82, 2.24) is 14.9 Å². The van der Waals surface area contributed by atoms with Crippen molar-refractivity contribution in [2.24, 2.45) is 0 Å². The van der Waals surface area contributed by atoms with Crippen LogP contribution in [0.5, 0.6) is 5.75 Å². The fraction of sp³-hybridized carbons (Fsp3) is 0.636. The van der Waals surface area contributed by atoms with Gasteiger partial charge in [-0.3, -0.25) is 0 Å². The van der Waals surface area contributed by atoms with Gasteiger partial charge in [-0.15, -0.1) is 0 Å². The first-order valence-corrected chi connectivity index (χ1v) is 5.96. The topological polar surface area (TPSA) is 50.3 Å². The molecule has 0 saturated carbocycles. The van der Waals surface area contributed by atoms with E-state index >= 15 is 0 Å². The van der Waals surface area contributed by atoms with Crippen molar-refractivity contribution in [2.75, 3.05) is 39.6 Å². The second-order valence-electron chi connectivity index (χ2n) is 3.98. The number of nitrogens with zero attached hydrogens (tertiary/aromatic N) is 3. The maximum absolute atomic E-state index is 5.89. The fourth-order valence-corrected chi connectivity index (χ4v) is 1.63. The van der Waals surface area contributed by atoms with Crippen LogP contribution in [0.4, 0.5) is 5.82 Å². The van der Waals surface area contributed by atoms with E-state index in [4.69, 9.17) is 16.3 Å². The predicted octanol–water partition coefficient (Wildman–Crippen LogP) is 1.89. The highest BCUT2D eigenvalue weighted by molar-refractivity contribution is 6.31. The van der Waals surface area contributed by atoms with Gasteiger partial charge in [0.15, 0.2) is 16.7 Å². The lowest BCUT2D eigenvalue weighted by Crippen LogP contribution is -2.14. The molecule has 1 aromatic rings. The van der Waals surface area contributed by atoms with Crippen molar-refractivity contribution in [3.63, 3.8) is 0 Å². The molecule has 1 aromatic heterocycles. The molecule has 1 N–H and O–H groups in total. The van der Waals surface area contributed by atoms with E-state index in [2.05, 4.69) is 34.3 Å². The maximum Gasteiger partial charge on any atom is 0.198 e. The summed E-state index contributed by atoms with van der Waals surface area (Å²) in [5, 5.41) is 3.53. The van der Waals surface area contributed by atoms with E-state index in [1.165, 1.54) is 6.33 Å². The Morgan fingerprint density at radius 2 is 2.12 bits per heavy atom. The molecule has 1 heterocycles. The highest BCUT2D eigenvalue weighted by Gasteiger charge is 2.08. The van der Waals surface area contributed by atoms with Crippen molar-refractivity contribution >= 4 is 17.4 Å². The summed E-state index contributed by atoms with van der Waals surface area (Å²) < 4.78 is 5.14. The summed E-state index contributed by atoms with van der Waals surface area (Å²) in [4.78, 5) is 10.1. The lowest BCUT2D eigenvalue weighted by molar-refractivity contribution is 0.396. The van der Waals surface area contributed by atoms with Crippen LogP contribution in [-0.4, -0.2) is 49.2 Å². The molecule has 96 valence electrons. The summed E-state index contributed by atoms with van der Waals surface area (Å²) in [5.74, 6) is 1.15. The highest BCUT2D eigenvalue weighted by Crippen LogP contribution is 2.28. The zero-order chi connectivity index (χ0) is 12.7. The van der Waals surface area contributed by atoms with Gasteiger partial charge in [0.2, 0.25) is 0 Å². The number of hydrogen-bond donors (Lipinski definition) is 1. The van der Waals surface area contributed by atoms with E-state index in [-0.39, 0.29) is 0 Å². The number of unbranched alkanes of at least 4 members (excludes halogenated alkanes) is 1.